The highest BCUT2D eigenvalue weighted by molar-refractivity contribution is 5.46. The van der Waals surface area contributed by atoms with Gasteiger partial charge < -0.3 is 10.8 Å². The summed E-state index contributed by atoms with van der Waals surface area (Å²) in [5, 5.41) is 17.2. The highest BCUT2D eigenvalue weighted by atomic mass is 16.3. The molecule has 0 radical (unpaired) electrons. The van der Waals surface area contributed by atoms with Crippen LogP contribution in [0.5, 0.6) is 5.75 Å². The first kappa shape index (κ1) is 9.51. The maximum absolute atomic E-state index is 9.33. The van der Waals surface area contributed by atoms with Gasteiger partial charge in [-0.15, -0.1) is 5.10 Å². The zero-order valence-electron chi connectivity index (χ0n) is 8.38. The molecule has 1 heterocycles. The van der Waals surface area contributed by atoms with Crippen molar-refractivity contribution in [2.75, 3.05) is 5.73 Å². The minimum atomic E-state index is 0.181. The Morgan fingerprint density at radius 2 is 2.27 bits per heavy atom. The van der Waals surface area contributed by atoms with Gasteiger partial charge in [0.25, 0.3) is 0 Å². The van der Waals surface area contributed by atoms with Crippen LogP contribution >= 0.6 is 0 Å². The van der Waals surface area contributed by atoms with E-state index in [2.05, 4.69) is 10.3 Å². The Kier molecular flexibility index (Phi) is 2.29. The van der Waals surface area contributed by atoms with Crippen molar-refractivity contribution in [2.24, 2.45) is 0 Å². The van der Waals surface area contributed by atoms with E-state index in [0.717, 1.165) is 12.1 Å². The number of aromatic nitrogens is 3. The van der Waals surface area contributed by atoms with E-state index in [9.17, 15) is 5.11 Å². The molecule has 5 nitrogen and oxygen atoms in total. The number of benzene rings is 1. The van der Waals surface area contributed by atoms with Gasteiger partial charge in [-0.25, -0.2) is 0 Å². The molecule has 78 valence electrons. The van der Waals surface area contributed by atoms with Crippen molar-refractivity contribution in [3.8, 4) is 11.4 Å². The Balaban J connectivity index is 2.49. The van der Waals surface area contributed by atoms with Crippen LogP contribution in [-0.4, -0.2) is 20.1 Å². The van der Waals surface area contributed by atoms with Crippen molar-refractivity contribution in [2.45, 2.75) is 13.3 Å². The molecule has 3 N–H and O–H groups in total. The van der Waals surface area contributed by atoms with Gasteiger partial charge in [-0.2, -0.15) is 4.68 Å². The van der Waals surface area contributed by atoms with Crippen LogP contribution in [0.25, 0.3) is 5.69 Å². The minimum absolute atomic E-state index is 0.181. The van der Waals surface area contributed by atoms with Crippen LogP contribution in [0.4, 0.5) is 5.82 Å². The molecule has 0 bridgehead atoms. The average Bonchev–Trinajstić information content (AvgIpc) is 2.59. The minimum Gasteiger partial charge on any atom is -0.508 e. The largest absolute Gasteiger partial charge is 0.508 e. The number of nitrogens with zero attached hydrogens (tertiary/aromatic N) is 3. The van der Waals surface area contributed by atoms with E-state index in [1.807, 2.05) is 13.0 Å². The third-order valence-corrected chi connectivity index (χ3v) is 2.19. The summed E-state index contributed by atoms with van der Waals surface area (Å²) in [6.45, 7) is 1.97. The lowest BCUT2D eigenvalue weighted by Crippen LogP contribution is -2.02. The first-order valence-electron chi connectivity index (χ1n) is 4.72. The number of hydrogen-bond acceptors (Lipinski definition) is 4. The Morgan fingerprint density at radius 3 is 2.87 bits per heavy atom. The van der Waals surface area contributed by atoms with Crippen LogP contribution < -0.4 is 5.73 Å². The Morgan fingerprint density at radius 1 is 1.47 bits per heavy atom. The van der Waals surface area contributed by atoms with Crippen LogP contribution in [0, 0.1) is 0 Å². The Labute approximate surface area is 87.1 Å². The molecular weight excluding hydrogens is 192 g/mol. The summed E-state index contributed by atoms with van der Waals surface area (Å²) in [5.41, 5.74) is 7.32. The lowest BCUT2D eigenvalue weighted by molar-refractivity contribution is 0.475. The Hall–Kier alpha value is -2.04. The van der Waals surface area contributed by atoms with Gasteiger partial charge in [0.2, 0.25) is 0 Å². The fourth-order valence-corrected chi connectivity index (χ4v) is 1.39. The fourth-order valence-electron chi connectivity index (χ4n) is 1.39. The second kappa shape index (κ2) is 3.61. The number of aromatic hydroxyl groups is 1. The van der Waals surface area contributed by atoms with E-state index in [-0.39, 0.29) is 5.75 Å². The van der Waals surface area contributed by atoms with Crippen molar-refractivity contribution >= 4 is 5.82 Å². The highest BCUT2D eigenvalue weighted by Crippen LogP contribution is 2.18. The molecule has 0 saturated carbocycles. The van der Waals surface area contributed by atoms with Crippen LogP contribution in [-0.2, 0) is 6.42 Å². The van der Waals surface area contributed by atoms with E-state index in [0.29, 0.717) is 11.5 Å². The van der Waals surface area contributed by atoms with E-state index >= 15 is 0 Å². The number of nitrogen functional groups attached to an aromatic ring is 1. The molecule has 15 heavy (non-hydrogen) atoms. The second-order valence-corrected chi connectivity index (χ2v) is 3.21. The monoisotopic (exact) mass is 204 g/mol. The van der Waals surface area contributed by atoms with Crippen LogP contribution in [0.15, 0.2) is 24.3 Å². The van der Waals surface area contributed by atoms with E-state index in [4.69, 9.17) is 5.73 Å². The predicted octanol–water partition coefficient (Wildman–Crippen LogP) is 1.12. The normalized spacial score (nSPS) is 10.5. The third-order valence-electron chi connectivity index (χ3n) is 2.19. The van der Waals surface area contributed by atoms with Crippen molar-refractivity contribution in [1.82, 2.24) is 15.0 Å². The molecule has 0 amide bonds. The van der Waals surface area contributed by atoms with E-state index < -0.39 is 0 Å². The smallest absolute Gasteiger partial charge is 0.151 e. The molecule has 1 aromatic carbocycles. The summed E-state index contributed by atoms with van der Waals surface area (Å²) in [6, 6.07) is 6.73. The maximum Gasteiger partial charge on any atom is 0.151 e. The average molecular weight is 204 g/mol. The number of nitrogens with two attached hydrogens (primary N) is 1. The van der Waals surface area contributed by atoms with Crippen LogP contribution in [0.2, 0.25) is 0 Å². The molecule has 0 aliphatic heterocycles. The summed E-state index contributed by atoms with van der Waals surface area (Å²) >= 11 is 0. The van der Waals surface area contributed by atoms with Crippen LogP contribution in [0.3, 0.4) is 0 Å². The van der Waals surface area contributed by atoms with Crippen molar-refractivity contribution in [3.63, 3.8) is 0 Å². The fraction of sp³-hybridized carbons (Fsp3) is 0.200. The highest BCUT2D eigenvalue weighted by Gasteiger charge is 2.09. The first-order chi connectivity index (χ1) is 7.22. The second-order valence-electron chi connectivity index (χ2n) is 3.21. The quantitative estimate of drug-likeness (QED) is 0.768. The molecule has 1 aromatic heterocycles. The SMILES string of the molecule is CCc1nnn(-c2cccc(O)c2)c1N. The van der Waals surface area contributed by atoms with Gasteiger partial charge in [0.05, 0.1) is 5.69 Å². The molecule has 2 rings (SSSR count). The van der Waals surface area contributed by atoms with Crippen LogP contribution in [0.1, 0.15) is 12.6 Å². The summed E-state index contributed by atoms with van der Waals surface area (Å²) < 4.78 is 1.51. The topological polar surface area (TPSA) is 77.0 Å². The molecule has 0 unspecified atom stereocenters. The molecular formula is C10H12N4O. The van der Waals surface area contributed by atoms with Gasteiger partial charge >= 0.3 is 0 Å². The Bertz CT molecular complexity index is 478. The lowest BCUT2D eigenvalue weighted by Gasteiger charge is -2.03. The summed E-state index contributed by atoms with van der Waals surface area (Å²) in [6.07, 6.45) is 0.741. The third kappa shape index (κ3) is 1.63. The molecule has 5 heteroatoms. The molecule has 0 fully saturated rings. The van der Waals surface area contributed by atoms with E-state index in [1.54, 1.807) is 18.2 Å². The summed E-state index contributed by atoms with van der Waals surface area (Å²) in [5.74, 6) is 0.698. The van der Waals surface area contributed by atoms with Gasteiger partial charge in [0.15, 0.2) is 5.82 Å². The standard InChI is InChI=1S/C10H12N4O/c1-2-9-10(11)14(13-12-9)7-4-3-5-8(15)6-7/h3-6,15H,2,11H2,1H3. The van der Waals surface area contributed by atoms with Gasteiger partial charge in [0, 0.05) is 6.07 Å². The molecule has 0 spiro atoms. The zero-order valence-corrected chi connectivity index (χ0v) is 8.38. The summed E-state index contributed by atoms with van der Waals surface area (Å²) in [4.78, 5) is 0. The van der Waals surface area contributed by atoms with Gasteiger partial charge in [-0.1, -0.05) is 18.2 Å². The number of phenols is 1. The van der Waals surface area contributed by atoms with Crippen molar-refractivity contribution in [1.29, 1.82) is 0 Å². The molecule has 2 aromatic rings. The van der Waals surface area contributed by atoms with Gasteiger partial charge in [-0.05, 0) is 18.6 Å². The molecule has 0 aliphatic rings. The zero-order chi connectivity index (χ0) is 10.8. The van der Waals surface area contributed by atoms with Crippen molar-refractivity contribution < 1.29 is 5.11 Å². The number of aryl methyl sites for hydroxylation is 1. The number of rotatable bonds is 2. The number of hydrogen-bond donors (Lipinski definition) is 2. The molecule has 0 saturated heterocycles. The number of phenolic OH excluding ortho intramolecular Hbond substituents is 1. The molecule has 0 atom stereocenters. The lowest BCUT2D eigenvalue weighted by atomic mass is 10.3. The molecule has 0 aliphatic carbocycles. The van der Waals surface area contributed by atoms with E-state index in [1.165, 1.54) is 4.68 Å². The summed E-state index contributed by atoms with van der Waals surface area (Å²) in [7, 11) is 0. The predicted molar refractivity (Wildman–Crippen MR) is 56.8 cm³/mol. The first-order valence-corrected chi connectivity index (χ1v) is 4.72. The maximum atomic E-state index is 9.33. The van der Waals surface area contributed by atoms with Gasteiger partial charge in [-0.3, -0.25) is 0 Å². The number of anilines is 1. The van der Waals surface area contributed by atoms with Gasteiger partial charge in [0.1, 0.15) is 11.4 Å². The van der Waals surface area contributed by atoms with Crippen molar-refractivity contribution in [3.05, 3.63) is 30.0 Å².